The fourth-order valence-corrected chi connectivity index (χ4v) is 2.74. The number of amides is 3. The van der Waals surface area contributed by atoms with E-state index in [4.69, 9.17) is 17.2 Å². The maximum absolute atomic E-state index is 12.7. The molecule has 0 saturated heterocycles. The number of carbonyl (C=O) groups excluding carboxylic acids is 3. The molecule has 0 aliphatic carbocycles. The highest BCUT2D eigenvalue weighted by molar-refractivity contribution is 5.94. The Kier molecular flexibility index (Phi) is 15.1. The topological polar surface area (TPSA) is 243 Å². The smallest absolute Gasteiger partial charge is 0.326 e. The quantitative estimate of drug-likeness (QED) is 0.0964. The van der Waals surface area contributed by atoms with Gasteiger partial charge in [0.1, 0.15) is 24.2 Å². The zero-order valence-electron chi connectivity index (χ0n) is 18.5. The molecule has 0 rings (SSSR count). The molecule has 0 aromatic rings. The number of carboxylic acid groups (broad SMARTS) is 1. The summed E-state index contributed by atoms with van der Waals surface area (Å²) >= 11 is 0. The molecular formula is C19H38N6O7. The maximum Gasteiger partial charge on any atom is 0.326 e. The molecule has 5 atom stereocenters. The molecule has 186 valence electrons. The van der Waals surface area contributed by atoms with Crippen LogP contribution in [0.3, 0.4) is 0 Å². The van der Waals surface area contributed by atoms with Crippen molar-refractivity contribution in [2.45, 2.75) is 75.7 Å². The second kappa shape index (κ2) is 16.3. The molecule has 0 bridgehead atoms. The largest absolute Gasteiger partial charge is 0.480 e. The number of nitrogens with two attached hydrogens (primary N) is 3. The molecule has 0 spiro atoms. The molecule has 0 fully saturated rings. The summed E-state index contributed by atoms with van der Waals surface area (Å²) in [5, 5.41) is 35.3. The van der Waals surface area contributed by atoms with Gasteiger partial charge in [-0.15, -0.1) is 0 Å². The Labute approximate surface area is 187 Å². The Balaban J connectivity index is 5.24. The van der Waals surface area contributed by atoms with Crippen LogP contribution in [0.5, 0.6) is 0 Å². The van der Waals surface area contributed by atoms with E-state index in [1.807, 2.05) is 0 Å². The molecule has 0 heterocycles. The van der Waals surface area contributed by atoms with E-state index in [0.717, 1.165) is 0 Å². The van der Waals surface area contributed by atoms with Gasteiger partial charge in [0.2, 0.25) is 17.7 Å². The normalized spacial score (nSPS) is 15.7. The van der Waals surface area contributed by atoms with Crippen LogP contribution in [-0.4, -0.2) is 89.0 Å². The first-order valence-corrected chi connectivity index (χ1v) is 10.7. The van der Waals surface area contributed by atoms with Crippen molar-refractivity contribution < 1.29 is 34.5 Å². The third-order valence-corrected chi connectivity index (χ3v) is 4.78. The number of rotatable bonds is 17. The second-order valence-electron chi connectivity index (χ2n) is 7.54. The number of aliphatic hydroxyl groups is 2. The van der Waals surface area contributed by atoms with E-state index in [1.54, 1.807) is 0 Å². The lowest BCUT2D eigenvalue weighted by molar-refractivity contribution is -0.142. The van der Waals surface area contributed by atoms with Crippen molar-refractivity contribution in [1.82, 2.24) is 16.0 Å². The number of aliphatic hydroxyl groups excluding tert-OH is 2. The van der Waals surface area contributed by atoms with Crippen molar-refractivity contribution in [3.63, 3.8) is 0 Å². The van der Waals surface area contributed by atoms with Crippen LogP contribution in [-0.2, 0) is 19.2 Å². The van der Waals surface area contributed by atoms with Crippen molar-refractivity contribution in [1.29, 1.82) is 0 Å². The summed E-state index contributed by atoms with van der Waals surface area (Å²) in [5.74, 6) is -3.64. The van der Waals surface area contributed by atoms with Gasteiger partial charge < -0.3 is 48.5 Å². The van der Waals surface area contributed by atoms with Crippen molar-refractivity contribution >= 4 is 23.7 Å². The van der Waals surface area contributed by atoms with Gasteiger partial charge in [-0.25, -0.2) is 4.79 Å². The zero-order chi connectivity index (χ0) is 24.7. The molecular weight excluding hydrogens is 424 g/mol. The minimum Gasteiger partial charge on any atom is -0.480 e. The van der Waals surface area contributed by atoms with Crippen molar-refractivity contribution in [2.75, 3.05) is 19.7 Å². The second-order valence-corrected chi connectivity index (χ2v) is 7.54. The van der Waals surface area contributed by atoms with Gasteiger partial charge in [0.05, 0.1) is 12.7 Å². The molecule has 0 saturated carbocycles. The Morgan fingerprint density at radius 1 is 0.781 bits per heavy atom. The summed E-state index contributed by atoms with van der Waals surface area (Å²) in [6.07, 6.45) is 1.31. The van der Waals surface area contributed by atoms with Gasteiger partial charge in [-0.05, 0) is 58.5 Å². The Hall–Kier alpha value is -2.32. The standard InChI is InChI=1S/C19H38N6O7/c1-11(27)15(22)18(30)25-14(10-26)17(29)23-12(6-2-4-8-20)16(28)24-13(19(31)32)7-3-5-9-21/h11-15,26-27H,2-10,20-22H2,1H3,(H,23,29)(H,24,28)(H,25,30)(H,31,32). The van der Waals surface area contributed by atoms with Gasteiger partial charge >= 0.3 is 5.97 Å². The number of nitrogens with one attached hydrogen (secondary N) is 3. The van der Waals surface area contributed by atoms with E-state index in [2.05, 4.69) is 16.0 Å². The fourth-order valence-electron chi connectivity index (χ4n) is 2.74. The lowest BCUT2D eigenvalue weighted by atomic mass is 10.1. The third kappa shape index (κ3) is 11.3. The summed E-state index contributed by atoms with van der Waals surface area (Å²) < 4.78 is 0. The van der Waals surface area contributed by atoms with Crippen LogP contribution in [0.4, 0.5) is 0 Å². The number of carboxylic acids is 1. The Bertz CT molecular complexity index is 605. The molecule has 0 aliphatic heterocycles. The van der Waals surface area contributed by atoms with E-state index in [0.29, 0.717) is 38.8 Å². The van der Waals surface area contributed by atoms with Crippen molar-refractivity contribution in [3.05, 3.63) is 0 Å². The van der Waals surface area contributed by atoms with Crippen LogP contribution in [0.25, 0.3) is 0 Å². The molecule has 5 unspecified atom stereocenters. The first-order chi connectivity index (χ1) is 15.1. The predicted molar refractivity (Wildman–Crippen MR) is 116 cm³/mol. The highest BCUT2D eigenvalue weighted by Gasteiger charge is 2.30. The van der Waals surface area contributed by atoms with E-state index in [1.165, 1.54) is 6.92 Å². The number of unbranched alkanes of at least 4 members (excludes halogenated alkanes) is 2. The summed E-state index contributed by atoms with van der Waals surface area (Å²) in [7, 11) is 0. The van der Waals surface area contributed by atoms with Crippen LogP contribution in [0.2, 0.25) is 0 Å². The van der Waals surface area contributed by atoms with Crippen molar-refractivity contribution in [3.8, 4) is 0 Å². The van der Waals surface area contributed by atoms with Crippen LogP contribution in [0, 0.1) is 0 Å². The van der Waals surface area contributed by atoms with Crippen LogP contribution >= 0.6 is 0 Å². The van der Waals surface area contributed by atoms with Gasteiger partial charge in [0, 0.05) is 0 Å². The molecule has 0 aliphatic rings. The van der Waals surface area contributed by atoms with Crippen LogP contribution in [0.1, 0.15) is 45.4 Å². The highest BCUT2D eigenvalue weighted by Crippen LogP contribution is 2.06. The first-order valence-electron chi connectivity index (χ1n) is 10.7. The number of hydrogen-bond donors (Lipinski definition) is 9. The maximum atomic E-state index is 12.7. The Morgan fingerprint density at radius 3 is 1.66 bits per heavy atom. The van der Waals surface area contributed by atoms with E-state index in [9.17, 15) is 34.5 Å². The molecule has 12 N–H and O–H groups in total. The summed E-state index contributed by atoms with van der Waals surface area (Å²) in [5.41, 5.74) is 16.4. The fraction of sp³-hybridized carbons (Fsp3) is 0.789. The van der Waals surface area contributed by atoms with Crippen LogP contribution in [0.15, 0.2) is 0 Å². The van der Waals surface area contributed by atoms with E-state index >= 15 is 0 Å². The van der Waals surface area contributed by atoms with E-state index in [-0.39, 0.29) is 12.8 Å². The molecule has 13 nitrogen and oxygen atoms in total. The molecule has 0 radical (unpaired) electrons. The first kappa shape index (κ1) is 29.7. The van der Waals surface area contributed by atoms with Gasteiger partial charge in [-0.1, -0.05) is 0 Å². The van der Waals surface area contributed by atoms with E-state index < -0.39 is 60.6 Å². The number of carbonyl (C=O) groups is 4. The Morgan fingerprint density at radius 2 is 1.22 bits per heavy atom. The molecule has 0 aromatic heterocycles. The molecule has 32 heavy (non-hydrogen) atoms. The van der Waals surface area contributed by atoms with Crippen LogP contribution < -0.4 is 33.2 Å². The summed E-state index contributed by atoms with van der Waals surface area (Å²) in [6, 6.07) is -5.00. The zero-order valence-corrected chi connectivity index (χ0v) is 18.5. The number of aliphatic carboxylic acids is 1. The highest BCUT2D eigenvalue weighted by atomic mass is 16.4. The summed E-state index contributed by atoms with van der Waals surface area (Å²) in [4.78, 5) is 48.7. The number of hydrogen-bond acceptors (Lipinski definition) is 9. The van der Waals surface area contributed by atoms with Gasteiger partial charge in [0.15, 0.2) is 0 Å². The molecule has 3 amide bonds. The lowest BCUT2D eigenvalue weighted by Crippen LogP contribution is -2.59. The average molecular weight is 463 g/mol. The summed E-state index contributed by atoms with van der Waals surface area (Å²) in [6.45, 7) is 1.28. The monoisotopic (exact) mass is 462 g/mol. The minimum atomic E-state index is -1.42. The SMILES string of the molecule is CC(O)C(N)C(=O)NC(CO)C(=O)NC(CCCCN)C(=O)NC(CCCCN)C(=O)O. The minimum absolute atomic E-state index is 0.170. The van der Waals surface area contributed by atoms with Gasteiger partial charge in [-0.2, -0.15) is 0 Å². The van der Waals surface area contributed by atoms with Gasteiger partial charge in [0.25, 0.3) is 0 Å². The third-order valence-electron chi connectivity index (χ3n) is 4.78. The molecule has 13 heteroatoms. The average Bonchev–Trinajstić information content (AvgIpc) is 2.74. The predicted octanol–water partition coefficient (Wildman–Crippen LogP) is -3.52. The molecule has 0 aromatic carbocycles. The van der Waals surface area contributed by atoms with Gasteiger partial charge in [-0.3, -0.25) is 14.4 Å². The lowest BCUT2D eigenvalue weighted by Gasteiger charge is -2.25. The van der Waals surface area contributed by atoms with Crippen molar-refractivity contribution in [2.24, 2.45) is 17.2 Å².